The van der Waals surface area contributed by atoms with Crippen molar-refractivity contribution in [3.05, 3.63) is 53.8 Å². The molecule has 0 fully saturated rings. The van der Waals surface area contributed by atoms with E-state index in [9.17, 15) is 4.39 Å². The summed E-state index contributed by atoms with van der Waals surface area (Å²) in [6.07, 6.45) is 0. The number of halogens is 1. The fraction of sp³-hybridized carbons (Fsp3) is 0.250. The first kappa shape index (κ1) is 14.2. The molecule has 0 amide bonds. The molecule has 0 unspecified atom stereocenters. The molecule has 0 aliphatic rings. The van der Waals surface area contributed by atoms with Crippen LogP contribution in [0.25, 0.3) is 0 Å². The van der Waals surface area contributed by atoms with Gasteiger partial charge >= 0.3 is 0 Å². The zero-order valence-corrected chi connectivity index (χ0v) is 11.8. The molecule has 0 aliphatic heterocycles. The molecular weight excluding hydrogens is 255 g/mol. The summed E-state index contributed by atoms with van der Waals surface area (Å²) in [5.74, 6) is 0.524. The van der Waals surface area contributed by atoms with Crippen molar-refractivity contribution in [2.75, 3.05) is 24.3 Å². The molecule has 106 valence electrons. The standard InChI is InChI=1S/C16H19FN2O/c1-3-20-15-9-13(18)8-14(10-15)19(2)11-12-6-4-5-7-16(12)17/h4-10H,3,11,18H2,1-2H3. The highest BCUT2D eigenvalue weighted by Crippen LogP contribution is 2.26. The third-order valence-electron chi connectivity index (χ3n) is 3.03. The van der Waals surface area contributed by atoms with Crippen LogP contribution in [0, 0.1) is 5.82 Å². The van der Waals surface area contributed by atoms with E-state index in [0.29, 0.717) is 24.4 Å². The molecule has 20 heavy (non-hydrogen) atoms. The molecule has 0 heterocycles. The second-order valence-corrected chi connectivity index (χ2v) is 4.64. The average molecular weight is 274 g/mol. The van der Waals surface area contributed by atoms with Gasteiger partial charge in [-0.15, -0.1) is 0 Å². The van der Waals surface area contributed by atoms with Crippen LogP contribution in [0.4, 0.5) is 15.8 Å². The summed E-state index contributed by atoms with van der Waals surface area (Å²) in [6, 6.07) is 12.3. The van der Waals surface area contributed by atoms with Gasteiger partial charge in [-0.25, -0.2) is 4.39 Å². The number of nitrogen functional groups attached to an aromatic ring is 1. The van der Waals surface area contributed by atoms with Gasteiger partial charge in [0.2, 0.25) is 0 Å². The van der Waals surface area contributed by atoms with Gasteiger partial charge < -0.3 is 15.4 Å². The molecule has 0 saturated carbocycles. The lowest BCUT2D eigenvalue weighted by Gasteiger charge is -2.21. The molecule has 2 rings (SSSR count). The molecule has 2 aromatic rings. The number of hydrogen-bond acceptors (Lipinski definition) is 3. The molecule has 0 spiro atoms. The first-order valence-electron chi connectivity index (χ1n) is 6.58. The van der Waals surface area contributed by atoms with Gasteiger partial charge in [-0.05, 0) is 19.1 Å². The van der Waals surface area contributed by atoms with Gasteiger partial charge in [-0.2, -0.15) is 0 Å². The molecule has 0 aromatic heterocycles. The van der Waals surface area contributed by atoms with Crippen molar-refractivity contribution in [2.45, 2.75) is 13.5 Å². The number of benzene rings is 2. The lowest BCUT2D eigenvalue weighted by Crippen LogP contribution is -2.17. The number of ether oxygens (including phenoxy) is 1. The zero-order chi connectivity index (χ0) is 14.5. The maximum Gasteiger partial charge on any atom is 0.128 e. The minimum absolute atomic E-state index is 0.201. The Kier molecular flexibility index (Phi) is 4.45. The second kappa shape index (κ2) is 6.28. The molecule has 0 atom stereocenters. The Morgan fingerprint density at radius 1 is 1.20 bits per heavy atom. The fourth-order valence-corrected chi connectivity index (χ4v) is 2.05. The quantitative estimate of drug-likeness (QED) is 0.849. The molecule has 0 bridgehead atoms. The molecule has 3 nitrogen and oxygen atoms in total. The van der Waals surface area contributed by atoms with Gasteiger partial charge in [0.05, 0.1) is 6.61 Å². The van der Waals surface area contributed by atoms with Crippen molar-refractivity contribution in [1.82, 2.24) is 0 Å². The van der Waals surface area contributed by atoms with Crippen LogP contribution < -0.4 is 15.4 Å². The van der Waals surface area contributed by atoms with E-state index in [1.54, 1.807) is 18.2 Å². The summed E-state index contributed by atoms with van der Waals surface area (Å²) in [4.78, 5) is 1.94. The van der Waals surface area contributed by atoms with Crippen LogP contribution in [0.1, 0.15) is 12.5 Å². The van der Waals surface area contributed by atoms with Crippen molar-refractivity contribution >= 4 is 11.4 Å². The Bertz CT molecular complexity index is 586. The molecule has 2 aromatic carbocycles. The molecular formula is C16H19FN2O. The summed E-state index contributed by atoms with van der Waals surface area (Å²) in [7, 11) is 1.90. The topological polar surface area (TPSA) is 38.5 Å². The number of rotatable bonds is 5. The molecule has 0 aliphatic carbocycles. The summed E-state index contributed by atoms with van der Waals surface area (Å²) in [5.41, 5.74) is 8.05. The molecule has 4 heteroatoms. The van der Waals surface area contributed by atoms with Crippen LogP contribution in [-0.2, 0) is 6.54 Å². The van der Waals surface area contributed by atoms with Gasteiger partial charge in [0.15, 0.2) is 0 Å². The van der Waals surface area contributed by atoms with Crippen molar-refractivity contribution in [2.24, 2.45) is 0 Å². The normalized spacial score (nSPS) is 10.3. The highest BCUT2D eigenvalue weighted by atomic mass is 19.1. The number of nitrogens with zero attached hydrogens (tertiary/aromatic N) is 1. The van der Waals surface area contributed by atoms with Gasteiger partial charge in [-0.1, -0.05) is 18.2 Å². The Morgan fingerprint density at radius 2 is 1.95 bits per heavy atom. The first-order valence-corrected chi connectivity index (χ1v) is 6.58. The summed E-state index contributed by atoms with van der Waals surface area (Å²) >= 11 is 0. The number of anilines is 2. The largest absolute Gasteiger partial charge is 0.494 e. The van der Waals surface area contributed by atoms with Gasteiger partial charge in [-0.3, -0.25) is 0 Å². The Labute approximate surface area is 118 Å². The third-order valence-corrected chi connectivity index (χ3v) is 3.03. The van der Waals surface area contributed by atoms with Crippen LogP contribution in [-0.4, -0.2) is 13.7 Å². The lowest BCUT2D eigenvalue weighted by atomic mass is 10.2. The van der Waals surface area contributed by atoms with Crippen LogP contribution in [0.15, 0.2) is 42.5 Å². The predicted octanol–water partition coefficient (Wildman–Crippen LogP) is 3.44. The zero-order valence-electron chi connectivity index (χ0n) is 11.8. The molecule has 2 N–H and O–H groups in total. The third kappa shape index (κ3) is 3.41. The summed E-state index contributed by atoms with van der Waals surface area (Å²) in [6.45, 7) is 2.98. The van der Waals surface area contributed by atoms with Gasteiger partial charge in [0.25, 0.3) is 0 Å². The van der Waals surface area contributed by atoms with Crippen molar-refractivity contribution in [1.29, 1.82) is 0 Å². The maximum absolute atomic E-state index is 13.7. The van der Waals surface area contributed by atoms with Crippen LogP contribution in [0.3, 0.4) is 0 Å². The first-order chi connectivity index (χ1) is 9.60. The monoisotopic (exact) mass is 274 g/mol. The predicted molar refractivity (Wildman–Crippen MR) is 80.5 cm³/mol. The van der Waals surface area contributed by atoms with E-state index in [4.69, 9.17) is 10.5 Å². The molecule has 0 radical (unpaired) electrons. The van der Waals surface area contributed by atoms with E-state index in [2.05, 4.69) is 0 Å². The summed E-state index contributed by atoms with van der Waals surface area (Å²) in [5, 5.41) is 0. The van der Waals surface area contributed by atoms with Crippen molar-refractivity contribution in [3.8, 4) is 5.75 Å². The maximum atomic E-state index is 13.7. The van der Waals surface area contributed by atoms with E-state index in [0.717, 1.165) is 11.4 Å². The summed E-state index contributed by atoms with van der Waals surface area (Å²) < 4.78 is 19.1. The van der Waals surface area contributed by atoms with E-state index in [1.807, 2.05) is 37.1 Å². The SMILES string of the molecule is CCOc1cc(N)cc(N(C)Cc2ccccc2F)c1. The Morgan fingerprint density at radius 3 is 2.65 bits per heavy atom. The molecule has 0 saturated heterocycles. The average Bonchev–Trinajstić information content (AvgIpc) is 2.41. The van der Waals surface area contributed by atoms with E-state index < -0.39 is 0 Å². The smallest absolute Gasteiger partial charge is 0.128 e. The van der Waals surface area contributed by atoms with Crippen LogP contribution in [0.5, 0.6) is 5.75 Å². The number of hydrogen-bond donors (Lipinski definition) is 1. The van der Waals surface area contributed by atoms with Crippen molar-refractivity contribution < 1.29 is 9.13 Å². The Hall–Kier alpha value is -2.23. The highest BCUT2D eigenvalue weighted by molar-refractivity contribution is 5.60. The number of nitrogens with two attached hydrogens (primary N) is 1. The van der Waals surface area contributed by atoms with Crippen LogP contribution in [0.2, 0.25) is 0 Å². The van der Waals surface area contributed by atoms with Gasteiger partial charge in [0.1, 0.15) is 11.6 Å². The van der Waals surface area contributed by atoms with E-state index in [-0.39, 0.29) is 5.82 Å². The minimum Gasteiger partial charge on any atom is -0.494 e. The minimum atomic E-state index is -0.201. The fourth-order valence-electron chi connectivity index (χ4n) is 2.05. The lowest BCUT2D eigenvalue weighted by molar-refractivity contribution is 0.340. The Balaban J connectivity index is 2.20. The van der Waals surface area contributed by atoms with Crippen molar-refractivity contribution in [3.63, 3.8) is 0 Å². The highest BCUT2D eigenvalue weighted by Gasteiger charge is 2.08. The van der Waals surface area contributed by atoms with Gasteiger partial charge in [0, 0.05) is 42.7 Å². The van der Waals surface area contributed by atoms with Crippen LogP contribution >= 0.6 is 0 Å². The second-order valence-electron chi connectivity index (χ2n) is 4.64. The van der Waals surface area contributed by atoms with E-state index >= 15 is 0 Å². The van der Waals surface area contributed by atoms with E-state index in [1.165, 1.54) is 6.07 Å².